The first-order valence-electron chi connectivity index (χ1n) is 9.07. The first kappa shape index (κ1) is 17.9. The van der Waals surface area contributed by atoms with Crippen molar-refractivity contribution in [3.05, 3.63) is 35.5 Å². The van der Waals surface area contributed by atoms with Crippen LogP contribution in [0.25, 0.3) is 11.3 Å². The number of anilines is 1. The number of nitrogens with two attached hydrogens (primary N) is 1. The Hall–Kier alpha value is -2.45. The molecular formula is C19H23BN4O3. The first-order valence-corrected chi connectivity index (χ1v) is 9.07. The summed E-state index contributed by atoms with van der Waals surface area (Å²) >= 11 is 0. The standard InChI is InChI=1S/C19H23BN4O3/c1-18(2)19(3,4)27-20(26-18)14-10-23-16(21)15(24-14)12-5-6-13-11(9-12)7-8-22-17(13)25/h5-6,9-10H,7-8H2,1-4H3,(H2,21,23)(H,22,25). The summed E-state index contributed by atoms with van der Waals surface area (Å²) in [6.45, 7) is 8.60. The van der Waals surface area contributed by atoms with Gasteiger partial charge in [0.05, 0.1) is 16.8 Å². The van der Waals surface area contributed by atoms with Gasteiger partial charge in [0.25, 0.3) is 5.91 Å². The maximum Gasteiger partial charge on any atom is 0.516 e. The third-order valence-electron chi connectivity index (χ3n) is 5.62. The van der Waals surface area contributed by atoms with Crippen LogP contribution < -0.4 is 16.6 Å². The van der Waals surface area contributed by atoms with Crippen molar-refractivity contribution in [1.82, 2.24) is 15.3 Å². The number of carbonyl (C=O) groups is 1. The number of rotatable bonds is 2. The third kappa shape index (κ3) is 2.98. The highest BCUT2D eigenvalue weighted by Gasteiger charge is 2.52. The Labute approximate surface area is 158 Å². The van der Waals surface area contributed by atoms with E-state index in [-0.39, 0.29) is 5.91 Å². The molecule has 0 spiro atoms. The molecule has 7 nitrogen and oxygen atoms in total. The van der Waals surface area contributed by atoms with E-state index >= 15 is 0 Å². The summed E-state index contributed by atoms with van der Waals surface area (Å²) in [5, 5.41) is 2.85. The van der Waals surface area contributed by atoms with Crippen LogP contribution >= 0.6 is 0 Å². The second-order valence-corrected chi connectivity index (χ2v) is 7.99. The highest BCUT2D eigenvalue weighted by molar-refractivity contribution is 6.61. The van der Waals surface area contributed by atoms with E-state index in [0.717, 1.165) is 17.5 Å². The Morgan fingerprint density at radius 3 is 2.59 bits per heavy atom. The van der Waals surface area contributed by atoms with Gasteiger partial charge in [-0.2, -0.15) is 0 Å². The molecule has 140 valence electrons. The summed E-state index contributed by atoms with van der Waals surface area (Å²) in [4.78, 5) is 20.9. The topological polar surface area (TPSA) is 99.4 Å². The normalized spacial score (nSPS) is 20.3. The summed E-state index contributed by atoms with van der Waals surface area (Å²) in [6.07, 6.45) is 2.37. The molecule has 1 saturated heterocycles. The molecule has 0 bridgehead atoms. The lowest BCUT2D eigenvalue weighted by molar-refractivity contribution is 0.00578. The summed E-state index contributed by atoms with van der Waals surface area (Å²) in [7, 11) is -0.606. The molecule has 3 N–H and O–H groups in total. The largest absolute Gasteiger partial charge is 0.516 e. The number of aromatic nitrogens is 2. The van der Waals surface area contributed by atoms with Crippen LogP contribution in [0.3, 0.4) is 0 Å². The van der Waals surface area contributed by atoms with Crippen LogP contribution in [0.1, 0.15) is 43.6 Å². The SMILES string of the molecule is CC1(C)OB(c2cnc(N)c(-c3ccc4c(c3)CCNC4=O)n2)OC1(C)C. The van der Waals surface area contributed by atoms with E-state index in [1.54, 1.807) is 6.20 Å². The summed E-state index contributed by atoms with van der Waals surface area (Å²) in [5.74, 6) is 0.281. The second-order valence-electron chi connectivity index (χ2n) is 7.99. The molecule has 0 unspecified atom stereocenters. The smallest absolute Gasteiger partial charge is 0.398 e. The van der Waals surface area contributed by atoms with Gasteiger partial charge in [0.15, 0.2) is 0 Å². The van der Waals surface area contributed by atoms with Crippen molar-refractivity contribution in [1.29, 1.82) is 0 Å². The van der Waals surface area contributed by atoms with Crippen molar-refractivity contribution in [3.63, 3.8) is 0 Å². The van der Waals surface area contributed by atoms with Gasteiger partial charge >= 0.3 is 7.12 Å². The zero-order valence-electron chi connectivity index (χ0n) is 16.0. The molecule has 2 aliphatic rings. The minimum absolute atomic E-state index is 0.0483. The molecule has 8 heteroatoms. The number of nitrogens with one attached hydrogen (secondary N) is 1. The van der Waals surface area contributed by atoms with E-state index in [4.69, 9.17) is 15.0 Å². The lowest BCUT2D eigenvalue weighted by atomic mass is 9.85. The number of fused-ring (bicyclic) bond motifs is 1. The van der Waals surface area contributed by atoms with Gasteiger partial charge in [-0.25, -0.2) is 4.98 Å². The third-order valence-corrected chi connectivity index (χ3v) is 5.62. The molecule has 1 aromatic carbocycles. The van der Waals surface area contributed by atoms with Crippen LogP contribution in [0.5, 0.6) is 0 Å². The number of hydrogen-bond acceptors (Lipinski definition) is 6. The molecule has 1 amide bonds. The van der Waals surface area contributed by atoms with Crippen LogP contribution in [-0.4, -0.2) is 40.7 Å². The quantitative estimate of drug-likeness (QED) is 0.778. The average Bonchev–Trinajstić information content (AvgIpc) is 2.83. The average molecular weight is 366 g/mol. The van der Waals surface area contributed by atoms with Gasteiger partial charge in [0.2, 0.25) is 0 Å². The minimum atomic E-state index is -0.606. The number of benzene rings is 1. The lowest BCUT2D eigenvalue weighted by Gasteiger charge is -2.32. The van der Waals surface area contributed by atoms with Crippen molar-refractivity contribution >= 4 is 24.4 Å². The Kier molecular flexibility index (Phi) is 4.01. The summed E-state index contributed by atoms with van der Waals surface area (Å²) in [5.41, 5.74) is 8.83. The highest BCUT2D eigenvalue weighted by Crippen LogP contribution is 2.36. The van der Waals surface area contributed by atoms with Gasteiger partial charge < -0.3 is 20.4 Å². The molecule has 0 radical (unpaired) electrons. The van der Waals surface area contributed by atoms with Crippen LogP contribution in [0.15, 0.2) is 24.4 Å². The Morgan fingerprint density at radius 1 is 1.19 bits per heavy atom. The highest BCUT2D eigenvalue weighted by atomic mass is 16.7. The summed E-state index contributed by atoms with van der Waals surface area (Å²) < 4.78 is 12.1. The van der Waals surface area contributed by atoms with Gasteiger partial charge in [-0.05, 0) is 51.8 Å². The van der Waals surface area contributed by atoms with Crippen molar-refractivity contribution in [3.8, 4) is 11.3 Å². The van der Waals surface area contributed by atoms with Crippen molar-refractivity contribution < 1.29 is 14.1 Å². The summed E-state index contributed by atoms with van der Waals surface area (Å²) in [6, 6.07) is 5.61. The number of hydrogen-bond donors (Lipinski definition) is 2. The van der Waals surface area contributed by atoms with Crippen molar-refractivity contribution in [2.24, 2.45) is 0 Å². The van der Waals surface area contributed by atoms with Gasteiger partial charge in [0.1, 0.15) is 11.5 Å². The van der Waals surface area contributed by atoms with Gasteiger partial charge in [-0.1, -0.05) is 6.07 Å². The Bertz CT molecular complexity index is 913. The Morgan fingerprint density at radius 2 is 1.89 bits per heavy atom. The Balaban J connectivity index is 1.71. The monoisotopic (exact) mass is 366 g/mol. The fourth-order valence-corrected chi connectivity index (χ4v) is 3.28. The minimum Gasteiger partial charge on any atom is -0.398 e. The number of carbonyl (C=O) groups excluding carboxylic acids is 1. The predicted molar refractivity (Wildman–Crippen MR) is 104 cm³/mol. The van der Waals surface area contributed by atoms with E-state index in [1.165, 1.54) is 0 Å². The van der Waals surface area contributed by atoms with E-state index in [2.05, 4.69) is 15.3 Å². The molecule has 0 saturated carbocycles. The molecule has 3 heterocycles. The molecule has 1 aromatic heterocycles. The molecular weight excluding hydrogens is 343 g/mol. The fourth-order valence-electron chi connectivity index (χ4n) is 3.28. The number of nitrogens with zero attached hydrogens (tertiary/aromatic N) is 2. The van der Waals surface area contributed by atoms with E-state index in [9.17, 15) is 4.79 Å². The molecule has 0 aliphatic carbocycles. The molecule has 27 heavy (non-hydrogen) atoms. The second kappa shape index (κ2) is 6.04. The molecule has 2 aromatic rings. The number of nitrogen functional groups attached to an aromatic ring is 1. The van der Waals surface area contributed by atoms with Crippen molar-refractivity contribution in [2.75, 3.05) is 12.3 Å². The van der Waals surface area contributed by atoms with Crippen LogP contribution in [0.4, 0.5) is 5.82 Å². The van der Waals surface area contributed by atoms with Gasteiger partial charge in [-0.3, -0.25) is 9.78 Å². The van der Waals surface area contributed by atoms with Gasteiger partial charge in [-0.15, -0.1) is 0 Å². The molecule has 2 aliphatic heterocycles. The zero-order chi connectivity index (χ0) is 19.4. The fraction of sp³-hybridized carbons (Fsp3) is 0.421. The molecule has 4 rings (SSSR count). The van der Waals surface area contributed by atoms with Gasteiger partial charge in [0, 0.05) is 23.9 Å². The van der Waals surface area contributed by atoms with Crippen LogP contribution in [-0.2, 0) is 15.7 Å². The predicted octanol–water partition coefficient (Wildman–Crippen LogP) is 1.31. The molecule has 1 fully saturated rings. The van der Waals surface area contributed by atoms with Crippen LogP contribution in [0, 0.1) is 0 Å². The first-order chi connectivity index (χ1) is 12.7. The van der Waals surface area contributed by atoms with E-state index in [0.29, 0.717) is 29.2 Å². The maximum atomic E-state index is 12.0. The number of amides is 1. The van der Waals surface area contributed by atoms with E-state index < -0.39 is 18.3 Å². The van der Waals surface area contributed by atoms with Crippen LogP contribution in [0.2, 0.25) is 0 Å². The zero-order valence-corrected chi connectivity index (χ0v) is 16.0. The lowest BCUT2D eigenvalue weighted by Crippen LogP contribution is -2.41. The van der Waals surface area contributed by atoms with E-state index in [1.807, 2.05) is 45.9 Å². The maximum absolute atomic E-state index is 12.0. The van der Waals surface area contributed by atoms with Crippen molar-refractivity contribution in [2.45, 2.75) is 45.3 Å². The molecule has 0 atom stereocenters.